The molecular formula is C20H16FNO4S. The molecule has 138 valence electrons. The summed E-state index contributed by atoms with van der Waals surface area (Å²) in [6.07, 6.45) is 0. The Morgan fingerprint density at radius 1 is 0.926 bits per heavy atom. The fourth-order valence-corrected chi connectivity index (χ4v) is 3.42. The van der Waals surface area contributed by atoms with Crippen LogP contribution in [0.2, 0.25) is 0 Å². The van der Waals surface area contributed by atoms with Gasteiger partial charge in [-0.25, -0.2) is 17.6 Å². The number of hydrogen-bond acceptors (Lipinski definition) is 4. The molecule has 7 heteroatoms. The first-order valence-electron chi connectivity index (χ1n) is 8.01. The number of anilines is 1. The van der Waals surface area contributed by atoms with Crippen molar-refractivity contribution in [3.63, 3.8) is 0 Å². The van der Waals surface area contributed by atoms with Crippen LogP contribution in [0.1, 0.15) is 15.9 Å². The molecule has 3 aromatic rings. The highest BCUT2D eigenvalue weighted by Crippen LogP contribution is 2.22. The van der Waals surface area contributed by atoms with Gasteiger partial charge in [0.25, 0.3) is 10.0 Å². The third kappa shape index (κ3) is 4.51. The maximum Gasteiger partial charge on any atom is 0.345 e. The number of carbonyl (C=O) groups excluding carboxylic acids is 1. The quantitative estimate of drug-likeness (QED) is 0.529. The van der Waals surface area contributed by atoms with Crippen molar-refractivity contribution in [2.75, 3.05) is 4.72 Å². The van der Waals surface area contributed by atoms with Crippen molar-refractivity contribution >= 4 is 21.7 Å². The molecule has 0 unspecified atom stereocenters. The molecular weight excluding hydrogens is 369 g/mol. The van der Waals surface area contributed by atoms with Crippen LogP contribution in [0.25, 0.3) is 0 Å². The number of ether oxygens (including phenoxy) is 1. The average molecular weight is 385 g/mol. The molecule has 0 aliphatic carbocycles. The van der Waals surface area contributed by atoms with Gasteiger partial charge in [0.1, 0.15) is 11.6 Å². The number of carbonyl (C=O) groups is 1. The molecule has 0 spiro atoms. The Hall–Kier alpha value is -3.19. The molecule has 0 aliphatic heterocycles. The van der Waals surface area contributed by atoms with E-state index in [0.29, 0.717) is 0 Å². The number of rotatable bonds is 5. The third-order valence-electron chi connectivity index (χ3n) is 3.75. The van der Waals surface area contributed by atoms with Gasteiger partial charge in [-0.1, -0.05) is 29.8 Å². The number of nitrogens with one attached hydrogen (secondary N) is 1. The molecule has 3 rings (SSSR count). The lowest BCUT2D eigenvalue weighted by atomic mass is 10.2. The summed E-state index contributed by atoms with van der Waals surface area (Å²) >= 11 is 0. The highest BCUT2D eigenvalue weighted by atomic mass is 32.2. The molecule has 0 heterocycles. The summed E-state index contributed by atoms with van der Waals surface area (Å²) in [6, 6.07) is 17.4. The van der Waals surface area contributed by atoms with E-state index in [1.807, 2.05) is 6.92 Å². The summed E-state index contributed by atoms with van der Waals surface area (Å²) in [5.74, 6) is -1.07. The summed E-state index contributed by atoms with van der Waals surface area (Å²) in [6.45, 7) is 1.85. The van der Waals surface area contributed by atoms with E-state index in [4.69, 9.17) is 4.74 Å². The van der Waals surface area contributed by atoms with Crippen LogP contribution in [-0.4, -0.2) is 14.4 Å². The van der Waals surface area contributed by atoms with Crippen molar-refractivity contribution in [1.82, 2.24) is 0 Å². The van der Waals surface area contributed by atoms with Gasteiger partial charge in [-0.3, -0.25) is 4.72 Å². The van der Waals surface area contributed by atoms with Crippen LogP contribution in [0.15, 0.2) is 77.7 Å². The van der Waals surface area contributed by atoms with Crippen LogP contribution in [-0.2, 0) is 10.0 Å². The first-order valence-corrected chi connectivity index (χ1v) is 9.50. The monoisotopic (exact) mass is 385 g/mol. The number of halogens is 1. The Labute approximate surface area is 156 Å². The molecule has 1 N–H and O–H groups in total. The fraction of sp³-hybridized carbons (Fsp3) is 0.0500. The van der Waals surface area contributed by atoms with E-state index in [9.17, 15) is 17.6 Å². The zero-order valence-corrected chi connectivity index (χ0v) is 15.2. The second kappa shape index (κ2) is 7.59. The number of hydrogen-bond donors (Lipinski definition) is 1. The maximum absolute atomic E-state index is 13.0. The molecule has 0 radical (unpaired) electrons. The molecule has 0 amide bonds. The largest absolute Gasteiger partial charge is 0.423 e. The highest BCUT2D eigenvalue weighted by molar-refractivity contribution is 7.92. The molecule has 0 aromatic heterocycles. The normalized spacial score (nSPS) is 11.0. The molecule has 0 saturated carbocycles. The number of para-hydroxylation sites is 1. The zero-order chi connectivity index (χ0) is 19.4. The van der Waals surface area contributed by atoms with E-state index >= 15 is 0 Å². The lowest BCUT2D eigenvalue weighted by molar-refractivity contribution is 0.0735. The molecule has 27 heavy (non-hydrogen) atoms. The predicted octanol–water partition coefficient (Wildman–Crippen LogP) is 4.15. The van der Waals surface area contributed by atoms with Gasteiger partial charge in [0.15, 0.2) is 0 Å². The molecule has 0 fully saturated rings. The van der Waals surface area contributed by atoms with Crippen LogP contribution in [0.3, 0.4) is 0 Å². The van der Waals surface area contributed by atoms with Crippen LogP contribution in [0.5, 0.6) is 5.75 Å². The van der Waals surface area contributed by atoms with Crippen molar-refractivity contribution in [3.8, 4) is 5.75 Å². The van der Waals surface area contributed by atoms with E-state index in [-0.39, 0.29) is 21.9 Å². The van der Waals surface area contributed by atoms with Gasteiger partial charge in [-0.15, -0.1) is 0 Å². The topological polar surface area (TPSA) is 72.5 Å². The molecule has 0 saturated heterocycles. The van der Waals surface area contributed by atoms with Gasteiger partial charge in [0.05, 0.1) is 16.1 Å². The van der Waals surface area contributed by atoms with Gasteiger partial charge in [-0.2, -0.15) is 0 Å². The smallest absolute Gasteiger partial charge is 0.345 e. The lowest BCUT2D eigenvalue weighted by Gasteiger charge is -2.12. The molecule has 0 atom stereocenters. The first kappa shape index (κ1) is 18.6. The van der Waals surface area contributed by atoms with Crippen LogP contribution in [0, 0.1) is 12.7 Å². The van der Waals surface area contributed by atoms with E-state index in [1.165, 1.54) is 36.4 Å². The Bertz CT molecular complexity index is 1060. The van der Waals surface area contributed by atoms with E-state index < -0.39 is 21.8 Å². The first-order chi connectivity index (χ1) is 12.8. The van der Waals surface area contributed by atoms with Crippen LogP contribution >= 0.6 is 0 Å². The van der Waals surface area contributed by atoms with Crippen molar-refractivity contribution in [2.24, 2.45) is 0 Å². The molecule has 0 aliphatic rings. The highest BCUT2D eigenvalue weighted by Gasteiger charge is 2.19. The SMILES string of the molecule is Cc1ccc(S(=O)(=O)Nc2ccccc2C(=O)Oc2ccc(F)cc2)cc1. The van der Waals surface area contributed by atoms with Crippen molar-refractivity contribution < 1.29 is 22.3 Å². The maximum atomic E-state index is 13.0. The minimum absolute atomic E-state index is 0.0394. The van der Waals surface area contributed by atoms with Crippen LogP contribution in [0.4, 0.5) is 10.1 Å². The van der Waals surface area contributed by atoms with Crippen molar-refractivity contribution in [2.45, 2.75) is 11.8 Å². The zero-order valence-electron chi connectivity index (χ0n) is 14.3. The average Bonchev–Trinajstić information content (AvgIpc) is 2.64. The fourth-order valence-electron chi connectivity index (χ4n) is 2.34. The number of sulfonamides is 1. The standard InChI is InChI=1S/C20H16FNO4S/c1-14-6-12-17(13-7-14)27(24,25)22-19-5-3-2-4-18(19)20(23)26-16-10-8-15(21)9-11-16/h2-13,22H,1H3. The van der Waals surface area contributed by atoms with Crippen molar-refractivity contribution in [1.29, 1.82) is 0 Å². The van der Waals surface area contributed by atoms with Gasteiger partial charge >= 0.3 is 5.97 Å². The minimum Gasteiger partial charge on any atom is -0.423 e. The summed E-state index contributed by atoms with van der Waals surface area (Å²) in [5, 5.41) is 0. The van der Waals surface area contributed by atoms with Gasteiger partial charge in [0, 0.05) is 0 Å². The van der Waals surface area contributed by atoms with Crippen molar-refractivity contribution in [3.05, 3.63) is 89.7 Å². The lowest BCUT2D eigenvalue weighted by Crippen LogP contribution is -2.17. The molecule has 0 bridgehead atoms. The second-order valence-electron chi connectivity index (χ2n) is 5.81. The number of benzene rings is 3. The number of esters is 1. The van der Waals surface area contributed by atoms with Gasteiger partial charge in [-0.05, 0) is 55.5 Å². The van der Waals surface area contributed by atoms with Gasteiger partial charge in [0.2, 0.25) is 0 Å². The van der Waals surface area contributed by atoms with E-state index in [0.717, 1.165) is 17.7 Å². The van der Waals surface area contributed by atoms with Crippen LogP contribution < -0.4 is 9.46 Å². The second-order valence-corrected chi connectivity index (χ2v) is 7.49. The predicted molar refractivity (Wildman–Crippen MR) is 99.8 cm³/mol. The van der Waals surface area contributed by atoms with Gasteiger partial charge < -0.3 is 4.74 Å². The Morgan fingerprint density at radius 2 is 1.56 bits per heavy atom. The summed E-state index contributed by atoms with van der Waals surface area (Å²) in [7, 11) is -3.87. The summed E-state index contributed by atoms with van der Waals surface area (Å²) < 4.78 is 45.7. The molecule has 5 nitrogen and oxygen atoms in total. The molecule has 3 aromatic carbocycles. The Balaban J connectivity index is 1.86. The van der Waals surface area contributed by atoms with E-state index in [2.05, 4.69) is 4.72 Å². The number of aryl methyl sites for hydroxylation is 1. The van der Waals surface area contributed by atoms with E-state index in [1.54, 1.807) is 24.3 Å². The third-order valence-corrected chi connectivity index (χ3v) is 5.13. The summed E-state index contributed by atoms with van der Waals surface area (Å²) in [5.41, 5.74) is 1.06. The Kier molecular flexibility index (Phi) is 5.23. The summed E-state index contributed by atoms with van der Waals surface area (Å²) in [4.78, 5) is 12.5. The minimum atomic E-state index is -3.87. The Morgan fingerprint density at radius 3 is 2.22 bits per heavy atom.